The van der Waals surface area contributed by atoms with Gasteiger partial charge in [-0.15, -0.1) is 0 Å². The molecule has 0 unspecified atom stereocenters. The van der Waals surface area contributed by atoms with E-state index in [0.29, 0.717) is 5.56 Å². The van der Waals surface area contributed by atoms with Crippen LogP contribution in [0, 0.1) is 11.6 Å². The fraction of sp³-hybridized carbons (Fsp3) is 0. The molecule has 0 aliphatic heterocycles. The van der Waals surface area contributed by atoms with Crippen LogP contribution in [-0.2, 0) is 10.0 Å². The Morgan fingerprint density at radius 3 is 2.04 bits per heavy atom. The smallest absolute Gasteiger partial charge is 0.261 e. The SMILES string of the molecule is O=S(=O)(Nc1ccccc1-c1cc(F)c(Cl)c(F)c1)c1ccccc1. The Bertz CT molecular complexity index is 1000. The van der Waals surface area contributed by atoms with Crippen LogP contribution in [0.5, 0.6) is 0 Å². The van der Waals surface area contributed by atoms with Gasteiger partial charge >= 0.3 is 0 Å². The first kappa shape index (κ1) is 17.4. The monoisotopic (exact) mass is 379 g/mol. The van der Waals surface area contributed by atoms with Gasteiger partial charge in [-0.05, 0) is 35.9 Å². The fourth-order valence-corrected chi connectivity index (χ4v) is 3.55. The molecule has 0 amide bonds. The van der Waals surface area contributed by atoms with Crippen molar-refractivity contribution in [3.05, 3.63) is 83.4 Å². The Balaban J connectivity index is 2.06. The fourth-order valence-electron chi connectivity index (χ4n) is 2.34. The molecule has 3 rings (SSSR count). The summed E-state index contributed by atoms with van der Waals surface area (Å²) in [7, 11) is -3.84. The number of hydrogen-bond donors (Lipinski definition) is 1. The zero-order chi connectivity index (χ0) is 18.0. The van der Waals surface area contributed by atoms with E-state index in [0.717, 1.165) is 12.1 Å². The molecule has 3 nitrogen and oxygen atoms in total. The lowest BCUT2D eigenvalue weighted by Crippen LogP contribution is -2.13. The number of benzene rings is 3. The van der Waals surface area contributed by atoms with E-state index in [1.54, 1.807) is 36.4 Å². The van der Waals surface area contributed by atoms with Crippen molar-refractivity contribution in [2.75, 3.05) is 4.72 Å². The first-order valence-electron chi connectivity index (χ1n) is 7.20. The molecule has 3 aromatic rings. The lowest BCUT2D eigenvalue weighted by Gasteiger charge is -2.13. The van der Waals surface area contributed by atoms with E-state index < -0.39 is 26.7 Å². The van der Waals surface area contributed by atoms with Crippen LogP contribution >= 0.6 is 11.6 Å². The maximum Gasteiger partial charge on any atom is 0.261 e. The highest BCUT2D eigenvalue weighted by Gasteiger charge is 2.17. The molecule has 0 saturated heterocycles. The highest BCUT2D eigenvalue weighted by atomic mass is 35.5. The van der Waals surface area contributed by atoms with Crippen molar-refractivity contribution in [2.45, 2.75) is 4.90 Å². The number of halogens is 3. The number of sulfonamides is 1. The first-order valence-corrected chi connectivity index (χ1v) is 9.06. The van der Waals surface area contributed by atoms with Crippen LogP contribution in [-0.4, -0.2) is 8.42 Å². The number of nitrogens with one attached hydrogen (secondary N) is 1. The molecular formula is C18H12ClF2NO2S. The largest absolute Gasteiger partial charge is 0.279 e. The second kappa shape index (κ2) is 6.82. The van der Waals surface area contributed by atoms with Crippen molar-refractivity contribution in [3.63, 3.8) is 0 Å². The molecule has 0 aliphatic rings. The van der Waals surface area contributed by atoms with Gasteiger partial charge < -0.3 is 0 Å². The van der Waals surface area contributed by atoms with E-state index in [4.69, 9.17) is 11.6 Å². The van der Waals surface area contributed by atoms with Gasteiger partial charge in [-0.3, -0.25) is 4.72 Å². The number of para-hydroxylation sites is 1. The van der Waals surface area contributed by atoms with Gasteiger partial charge in [0.2, 0.25) is 0 Å². The normalized spacial score (nSPS) is 11.3. The summed E-state index contributed by atoms with van der Waals surface area (Å²) in [6, 6.07) is 16.3. The van der Waals surface area contributed by atoms with Gasteiger partial charge in [0.1, 0.15) is 16.7 Å². The minimum Gasteiger partial charge on any atom is -0.279 e. The summed E-state index contributed by atoms with van der Waals surface area (Å²) < 4.78 is 54.9. The molecule has 0 spiro atoms. The van der Waals surface area contributed by atoms with Crippen LogP contribution in [0.1, 0.15) is 0 Å². The Hall–Kier alpha value is -2.44. The lowest BCUT2D eigenvalue weighted by molar-refractivity contribution is 0.585. The van der Waals surface area contributed by atoms with E-state index in [1.807, 2.05) is 0 Å². The molecule has 0 aliphatic carbocycles. The maximum absolute atomic E-state index is 13.7. The van der Waals surface area contributed by atoms with Crippen LogP contribution in [0.2, 0.25) is 5.02 Å². The molecule has 7 heteroatoms. The average molecular weight is 380 g/mol. The van der Waals surface area contributed by atoms with Crippen molar-refractivity contribution in [1.29, 1.82) is 0 Å². The number of rotatable bonds is 4. The van der Waals surface area contributed by atoms with Gasteiger partial charge in [-0.1, -0.05) is 48.0 Å². The Morgan fingerprint density at radius 1 is 0.840 bits per heavy atom. The second-order valence-electron chi connectivity index (χ2n) is 5.22. The molecule has 25 heavy (non-hydrogen) atoms. The summed E-state index contributed by atoms with van der Waals surface area (Å²) in [5, 5.41) is -0.605. The van der Waals surface area contributed by atoms with Crippen LogP contribution in [0.25, 0.3) is 11.1 Å². The van der Waals surface area contributed by atoms with Crippen LogP contribution in [0.15, 0.2) is 71.6 Å². The molecule has 0 radical (unpaired) electrons. The topological polar surface area (TPSA) is 46.2 Å². The van der Waals surface area contributed by atoms with Crippen molar-refractivity contribution >= 4 is 27.3 Å². The van der Waals surface area contributed by atoms with Gasteiger partial charge in [0.25, 0.3) is 10.0 Å². The third kappa shape index (κ3) is 3.65. The molecule has 0 saturated carbocycles. The van der Waals surface area contributed by atoms with Gasteiger partial charge in [-0.25, -0.2) is 17.2 Å². The third-order valence-corrected chi connectivity index (χ3v) is 5.26. The van der Waals surface area contributed by atoms with E-state index in [9.17, 15) is 17.2 Å². The molecule has 0 heterocycles. The van der Waals surface area contributed by atoms with Crippen LogP contribution in [0.3, 0.4) is 0 Å². The van der Waals surface area contributed by atoms with Gasteiger partial charge in [-0.2, -0.15) is 0 Å². The second-order valence-corrected chi connectivity index (χ2v) is 7.28. The molecule has 0 atom stereocenters. The zero-order valence-corrected chi connectivity index (χ0v) is 14.3. The number of hydrogen-bond acceptors (Lipinski definition) is 2. The predicted octanol–water partition coefficient (Wildman–Crippen LogP) is 5.09. The molecule has 0 bridgehead atoms. The Morgan fingerprint density at radius 2 is 1.40 bits per heavy atom. The first-order chi connectivity index (χ1) is 11.9. The van der Waals surface area contributed by atoms with Gasteiger partial charge in [0, 0.05) is 5.56 Å². The van der Waals surface area contributed by atoms with Crippen LogP contribution < -0.4 is 4.72 Å². The van der Waals surface area contributed by atoms with Crippen molar-refractivity contribution in [1.82, 2.24) is 0 Å². The minimum absolute atomic E-state index is 0.0817. The van der Waals surface area contributed by atoms with Gasteiger partial charge in [0.15, 0.2) is 0 Å². The zero-order valence-electron chi connectivity index (χ0n) is 12.7. The summed E-state index contributed by atoms with van der Waals surface area (Å²) in [4.78, 5) is 0.0817. The Kier molecular flexibility index (Phi) is 4.74. The summed E-state index contributed by atoms with van der Waals surface area (Å²) in [5.74, 6) is -1.84. The summed E-state index contributed by atoms with van der Waals surface area (Å²) >= 11 is 5.50. The summed E-state index contributed by atoms with van der Waals surface area (Å²) in [6.07, 6.45) is 0. The average Bonchev–Trinajstić information content (AvgIpc) is 2.60. The van der Waals surface area contributed by atoms with E-state index in [1.165, 1.54) is 18.2 Å². The summed E-state index contributed by atoms with van der Waals surface area (Å²) in [6.45, 7) is 0. The third-order valence-electron chi connectivity index (χ3n) is 3.52. The quantitative estimate of drug-likeness (QED) is 0.642. The summed E-state index contributed by atoms with van der Waals surface area (Å²) in [5.41, 5.74) is 0.703. The van der Waals surface area contributed by atoms with E-state index in [2.05, 4.69) is 4.72 Å². The Labute approximate surface area is 148 Å². The predicted molar refractivity (Wildman–Crippen MR) is 94.1 cm³/mol. The van der Waals surface area contributed by atoms with Crippen molar-refractivity contribution in [3.8, 4) is 11.1 Å². The van der Waals surface area contributed by atoms with E-state index in [-0.39, 0.29) is 16.1 Å². The molecule has 1 N–H and O–H groups in total. The van der Waals surface area contributed by atoms with E-state index >= 15 is 0 Å². The van der Waals surface area contributed by atoms with Crippen LogP contribution in [0.4, 0.5) is 14.5 Å². The van der Waals surface area contributed by atoms with Gasteiger partial charge in [0.05, 0.1) is 10.6 Å². The van der Waals surface area contributed by atoms with Crippen molar-refractivity contribution in [2.24, 2.45) is 0 Å². The highest BCUT2D eigenvalue weighted by Crippen LogP contribution is 2.33. The van der Waals surface area contributed by atoms with Crippen molar-refractivity contribution < 1.29 is 17.2 Å². The molecule has 0 fully saturated rings. The molecule has 3 aromatic carbocycles. The highest BCUT2D eigenvalue weighted by molar-refractivity contribution is 7.92. The number of anilines is 1. The standard InChI is InChI=1S/C18H12ClF2NO2S/c19-18-15(20)10-12(11-16(18)21)14-8-4-5-9-17(14)22-25(23,24)13-6-2-1-3-7-13/h1-11,22H. The maximum atomic E-state index is 13.7. The molecule has 0 aromatic heterocycles. The minimum atomic E-state index is -3.84. The molecule has 128 valence electrons. The molecular weight excluding hydrogens is 368 g/mol. The lowest BCUT2D eigenvalue weighted by atomic mass is 10.0.